The second-order valence-corrected chi connectivity index (χ2v) is 7.93. The Morgan fingerprint density at radius 1 is 1.28 bits per heavy atom. The number of rotatable bonds is 5. The average Bonchev–Trinajstić information content (AvgIpc) is 3.30. The number of nitrogens with one attached hydrogen (secondary N) is 4. The molecule has 1 aliphatic carbocycles. The molecule has 4 rings (SSSR count). The molecule has 1 saturated carbocycles. The third-order valence-electron chi connectivity index (χ3n) is 5.30. The Hall–Kier alpha value is -3.10. The lowest BCUT2D eigenvalue weighted by Crippen LogP contribution is -2.33. The number of alkyl carbamates (subject to hydrolysis) is 1. The Kier molecular flexibility index (Phi) is 5.37. The fourth-order valence-electron chi connectivity index (χ4n) is 3.92. The van der Waals surface area contributed by atoms with Crippen molar-refractivity contribution in [3.63, 3.8) is 0 Å². The Bertz CT molecular complexity index is 909. The van der Waals surface area contributed by atoms with Crippen molar-refractivity contribution in [3.8, 4) is 0 Å². The monoisotopic (exact) mass is 398 g/mol. The van der Waals surface area contributed by atoms with E-state index in [1.807, 2.05) is 19.9 Å². The summed E-state index contributed by atoms with van der Waals surface area (Å²) in [6.07, 6.45) is 6.68. The largest absolute Gasteiger partial charge is 0.446 e. The first-order valence-corrected chi connectivity index (χ1v) is 10.0. The van der Waals surface area contributed by atoms with Gasteiger partial charge in [0, 0.05) is 35.7 Å². The summed E-state index contributed by atoms with van der Waals surface area (Å²) in [6, 6.07) is 2.05. The SMILES string of the molecule is CC(C)NC(=O)O[C@@H]1CC[C@H](c2cc(Nc3cncc4c3CCC(=O)N4)n[nH]2)C1. The topological polar surface area (TPSA) is 121 Å². The summed E-state index contributed by atoms with van der Waals surface area (Å²) in [5, 5.41) is 16.4. The number of hydrogen-bond acceptors (Lipinski definition) is 6. The van der Waals surface area contributed by atoms with Crippen molar-refractivity contribution in [1.29, 1.82) is 0 Å². The van der Waals surface area contributed by atoms with Crippen LogP contribution in [0.5, 0.6) is 0 Å². The maximum Gasteiger partial charge on any atom is 0.407 e. The van der Waals surface area contributed by atoms with Gasteiger partial charge in [0.1, 0.15) is 6.10 Å². The van der Waals surface area contributed by atoms with Gasteiger partial charge in [-0.1, -0.05) is 0 Å². The molecule has 9 nitrogen and oxygen atoms in total. The molecule has 2 atom stereocenters. The molecule has 2 aromatic rings. The van der Waals surface area contributed by atoms with E-state index in [4.69, 9.17) is 4.74 Å². The van der Waals surface area contributed by atoms with Crippen molar-refractivity contribution in [2.45, 2.75) is 64.0 Å². The first kappa shape index (κ1) is 19.2. The third-order valence-corrected chi connectivity index (χ3v) is 5.30. The lowest BCUT2D eigenvalue weighted by atomic mass is 10.0. The second kappa shape index (κ2) is 8.10. The molecule has 29 heavy (non-hydrogen) atoms. The number of hydrogen-bond donors (Lipinski definition) is 4. The smallest absolute Gasteiger partial charge is 0.407 e. The van der Waals surface area contributed by atoms with Crippen LogP contribution in [0.3, 0.4) is 0 Å². The van der Waals surface area contributed by atoms with Crippen molar-refractivity contribution in [2.24, 2.45) is 0 Å². The number of ether oxygens (including phenoxy) is 1. The first-order valence-electron chi connectivity index (χ1n) is 10.0. The zero-order chi connectivity index (χ0) is 20.4. The first-order chi connectivity index (χ1) is 14.0. The molecule has 3 heterocycles. The van der Waals surface area contributed by atoms with Crippen LogP contribution in [0.2, 0.25) is 0 Å². The highest BCUT2D eigenvalue weighted by molar-refractivity contribution is 5.95. The van der Waals surface area contributed by atoms with Gasteiger partial charge in [0.05, 0.1) is 23.8 Å². The fourth-order valence-corrected chi connectivity index (χ4v) is 3.92. The highest BCUT2D eigenvalue weighted by atomic mass is 16.6. The Labute approximate surface area is 169 Å². The molecule has 1 aliphatic heterocycles. The summed E-state index contributed by atoms with van der Waals surface area (Å²) >= 11 is 0. The van der Waals surface area contributed by atoms with E-state index in [9.17, 15) is 9.59 Å². The van der Waals surface area contributed by atoms with Crippen LogP contribution in [0, 0.1) is 0 Å². The molecule has 154 valence electrons. The molecule has 4 N–H and O–H groups in total. The van der Waals surface area contributed by atoms with Gasteiger partial charge < -0.3 is 20.7 Å². The number of aromatic amines is 1. The number of carbonyl (C=O) groups is 2. The van der Waals surface area contributed by atoms with Crippen LogP contribution in [-0.2, 0) is 16.0 Å². The van der Waals surface area contributed by atoms with Crippen molar-refractivity contribution in [3.05, 3.63) is 29.7 Å². The molecule has 0 radical (unpaired) electrons. The molecule has 2 aliphatic rings. The predicted molar refractivity (Wildman–Crippen MR) is 108 cm³/mol. The van der Waals surface area contributed by atoms with Gasteiger partial charge in [0.2, 0.25) is 5.91 Å². The van der Waals surface area contributed by atoms with Crippen molar-refractivity contribution in [2.75, 3.05) is 10.6 Å². The second-order valence-electron chi connectivity index (χ2n) is 7.93. The van der Waals surface area contributed by atoms with Gasteiger partial charge in [0.15, 0.2) is 5.82 Å². The number of fused-ring (bicyclic) bond motifs is 1. The summed E-state index contributed by atoms with van der Waals surface area (Å²) < 4.78 is 5.50. The molecule has 0 aromatic carbocycles. The Morgan fingerprint density at radius 2 is 2.14 bits per heavy atom. The van der Waals surface area contributed by atoms with Crippen molar-refractivity contribution >= 4 is 29.2 Å². The normalized spacial score (nSPS) is 20.9. The lowest BCUT2D eigenvalue weighted by Gasteiger charge is -2.19. The number of H-pyrrole nitrogens is 1. The summed E-state index contributed by atoms with van der Waals surface area (Å²) in [4.78, 5) is 27.6. The van der Waals surface area contributed by atoms with E-state index in [-0.39, 0.29) is 30.1 Å². The fraction of sp³-hybridized carbons (Fsp3) is 0.500. The summed E-state index contributed by atoms with van der Waals surface area (Å²) in [5.41, 5.74) is 3.65. The van der Waals surface area contributed by atoms with Gasteiger partial charge in [-0.15, -0.1) is 0 Å². The van der Waals surface area contributed by atoms with Crippen LogP contribution in [0.1, 0.15) is 56.7 Å². The minimum Gasteiger partial charge on any atom is -0.446 e. The van der Waals surface area contributed by atoms with Gasteiger partial charge in [-0.2, -0.15) is 5.10 Å². The molecule has 9 heteroatoms. The van der Waals surface area contributed by atoms with E-state index in [0.29, 0.717) is 18.7 Å². The summed E-state index contributed by atoms with van der Waals surface area (Å²) in [6.45, 7) is 3.82. The lowest BCUT2D eigenvalue weighted by molar-refractivity contribution is -0.116. The molecule has 1 fully saturated rings. The van der Waals surface area contributed by atoms with Crippen molar-refractivity contribution in [1.82, 2.24) is 20.5 Å². The van der Waals surface area contributed by atoms with E-state index >= 15 is 0 Å². The third kappa shape index (κ3) is 4.49. The number of pyridine rings is 1. The molecule has 2 amide bonds. The minimum absolute atomic E-state index is 0.0126. The molecule has 0 unspecified atom stereocenters. The van der Waals surface area contributed by atoms with Gasteiger partial charge >= 0.3 is 6.09 Å². The Balaban J connectivity index is 1.38. The highest BCUT2D eigenvalue weighted by Crippen LogP contribution is 2.36. The summed E-state index contributed by atoms with van der Waals surface area (Å²) in [5.74, 6) is 0.990. The molecule has 0 saturated heterocycles. The van der Waals surface area contributed by atoms with Gasteiger partial charge in [-0.25, -0.2) is 4.79 Å². The van der Waals surface area contributed by atoms with E-state index in [1.54, 1.807) is 12.4 Å². The zero-order valence-corrected chi connectivity index (χ0v) is 16.6. The van der Waals surface area contributed by atoms with Crippen LogP contribution in [-0.4, -0.2) is 39.3 Å². The van der Waals surface area contributed by atoms with E-state index in [0.717, 1.165) is 41.9 Å². The van der Waals surface area contributed by atoms with Crippen LogP contribution >= 0.6 is 0 Å². The van der Waals surface area contributed by atoms with E-state index in [1.165, 1.54) is 0 Å². The minimum atomic E-state index is -0.356. The number of nitrogens with zero attached hydrogens (tertiary/aromatic N) is 2. The zero-order valence-electron chi connectivity index (χ0n) is 16.6. The van der Waals surface area contributed by atoms with Crippen LogP contribution in [0.15, 0.2) is 18.5 Å². The van der Waals surface area contributed by atoms with Crippen LogP contribution in [0.4, 0.5) is 22.0 Å². The van der Waals surface area contributed by atoms with Gasteiger partial charge in [-0.3, -0.25) is 14.9 Å². The van der Waals surface area contributed by atoms with Gasteiger partial charge in [-0.05, 0) is 39.5 Å². The van der Waals surface area contributed by atoms with Crippen molar-refractivity contribution < 1.29 is 14.3 Å². The molecule has 0 bridgehead atoms. The van der Waals surface area contributed by atoms with Gasteiger partial charge in [0.25, 0.3) is 0 Å². The summed E-state index contributed by atoms with van der Waals surface area (Å²) in [7, 11) is 0. The number of anilines is 3. The Morgan fingerprint density at radius 3 is 2.97 bits per heavy atom. The number of aromatic nitrogens is 3. The quantitative estimate of drug-likeness (QED) is 0.614. The number of amides is 2. The maximum atomic E-state index is 11.8. The predicted octanol–water partition coefficient (Wildman–Crippen LogP) is 3.20. The molecular formula is C20H26N6O3. The number of carbonyl (C=O) groups excluding carboxylic acids is 2. The van der Waals surface area contributed by atoms with Crippen LogP contribution in [0.25, 0.3) is 0 Å². The van der Waals surface area contributed by atoms with E-state index in [2.05, 4.69) is 31.1 Å². The highest BCUT2D eigenvalue weighted by Gasteiger charge is 2.30. The van der Waals surface area contributed by atoms with Crippen LogP contribution < -0.4 is 16.0 Å². The molecular weight excluding hydrogens is 372 g/mol. The molecule has 2 aromatic heterocycles. The maximum absolute atomic E-state index is 11.8. The van der Waals surface area contributed by atoms with E-state index < -0.39 is 0 Å². The standard InChI is InChI=1S/C20H26N6O3/c1-11(2)22-20(28)29-13-4-3-12(7-13)15-8-18(26-25-15)23-16-9-21-10-17-14(16)5-6-19(27)24-17/h8-13H,3-7H2,1-2H3,(H,22,28)(H,24,27)(H2,23,25,26)/t12-,13+/m0/s1. The average molecular weight is 398 g/mol. The molecule has 0 spiro atoms.